The molecular formula is C20H28ClNO2. The van der Waals surface area contributed by atoms with Gasteiger partial charge in [-0.15, -0.1) is 0 Å². The standard InChI is InChI=1S/C20H27NO2.ClH/c1-22-19-12-10-17(11-13-19)7-4-14-21-15-5-8-18-6-3-9-20(16-18)23-2;/h3,6,9-13,16,21H,4-5,7-8,14-15H2,1-2H3;1H. The Morgan fingerprint density at radius 2 is 1.38 bits per heavy atom. The van der Waals surface area contributed by atoms with E-state index in [0.717, 1.165) is 24.3 Å². The molecular weight excluding hydrogens is 322 g/mol. The van der Waals surface area contributed by atoms with Crippen molar-refractivity contribution >= 4 is 0 Å². The smallest absolute Gasteiger partial charge is 0.119 e. The summed E-state index contributed by atoms with van der Waals surface area (Å²) in [5, 5.41) is 2.42. The molecule has 0 aliphatic rings. The van der Waals surface area contributed by atoms with Gasteiger partial charge in [-0.05, 0) is 48.2 Å². The van der Waals surface area contributed by atoms with E-state index in [1.165, 1.54) is 37.1 Å². The van der Waals surface area contributed by atoms with E-state index in [1.54, 1.807) is 14.2 Å². The summed E-state index contributed by atoms with van der Waals surface area (Å²) in [5.74, 6) is 1.88. The molecule has 2 aromatic carbocycles. The lowest BCUT2D eigenvalue weighted by Gasteiger charge is -2.05. The van der Waals surface area contributed by atoms with E-state index in [1.807, 2.05) is 18.2 Å². The molecule has 0 saturated heterocycles. The topological polar surface area (TPSA) is 35.1 Å². The number of nitrogens with two attached hydrogens (primary N) is 1. The minimum absolute atomic E-state index is 0. The van der Waals surface area contributed by atoms with Crippen LogP contribution in [0.3, 0.4) is 0 Å². The molecule has 0 aliphatic heterocycles. The Labute approximate surface area is 151 Å². The number of methoxy groups -OCH3 is 2. The largest absolute Gasteiger partial charge is 1.00 e. The van der Waals surface area contributed by atoms with Crippen LogP contribution >= 0.6 is 0 Å². The summed E-state index contributed by atoms with van der Waals surface area (Å²) < 4.78 is 10.4. The van der Waals surface area contributed by atoms with Gasteiger partial charge in [0.25, 0.3) is 0 Å². The van der Waals surface area contributed by atoms with Crippen molar-refractivity contribution in [3.8, 4) is 11.5 Å². The summed E-state index contributed by atoms with van der Waals surface area (Å²) in [5.41, 5.74) is 2.74. The van der Waals surface area contributed by atoms with Crippen molar-refractivity contribution in [2.24, 2.45) is 0 Å². The number of hydrogen-bond acceptors (Lipinski definition) is 2. The first-order valence-electron chi connectivity index (χ1n) is 8.39. The van der Waals surface area contributed by atoms with E-state index in [-0.39, 0.29) is 12.4 Å². The van der Waals surface area contributed by atoms with Crippen LogP contribution in [0.25, 0.3) is 0 Å². The molecule has 0 atom stereocenters. The van der Waals surface area contributed by atoms with E-state index in [9.17, 15) is 0 Å². The molecule has 132 valence electrons. The molecule has 0 fully saturated rings. The average Bonchev–Trinajstić information content (AvgIpc) is 2.61. The molecule has 4 heteroatoms. The normalized spacial score (nSPS) is 10.1. The van der Waals surface area contributed by atoms with Gasteiger partial charge in [0.1, 0.15) is 11.5 Å². The number of halogens is 1. The van der Waals surface area contributed by atoms with Gasteiger partial charge in [0.05, 0.1) is 27.3 Å². The maximum atomic E-state index is 5.26. The highest BCUT2D eigenvalue weighted by Gasteiger charge is 1.99. The van der Waals surface area contributed by atoms with Crippen molar-refractivity contribution in [3.63, 3.8) is 0 Å². The van der Waals surface area contributed by atoms with E-state index in [2.05, 4.69) is 35.6 Å². The molecule has 0 unspecified atom stereocenters. The Morgan fingerprint density at radius 3 is 2.00 bits per heavy atom. The Hall–Kier alpha value is -1.71. The van der Waals surface area contributed by atoms with Gasteiger partial charge in [0.2, 0.25) is 0 Å². The number of quaternary nitrogens is 1. The van der Waals surface area contributed by atoms with Crippen LogP contribution in [0.1, 0.15) is 24.0 Å². The monoisotopic (exact) mass is 349 g/mol. The average molecular weight is 350 g/mol. The molecule has 3 nitrogen and oxygen atoms in total. The van der Waals surface area contributed by atoms with Gasteiger partial charge < -0.3 is 27.2 Å². The lowest BCUT2D eigenvalue weighted by Crippen LogP contribution is -3.00. The van der Waals surface area contributed by atoms with Crippen LogP contribution in [-0.4, -0.2) is 27.3 Å². The summed E-state index contributed by atoms with van der Waals surface area (Å²) in [6.07, 6.45) is 4.67. The fourth-order valence-electron chi connectivity index (χ4n) is 2.67. The van der Waals surface area contributed by atoms with Crippen molar-refractivity contribution in [2.75, 3.05) is 27.3 Å². The molecule has 2 N–H and O–H groups in total. The van der Waals surface area contributed by atoms with Crippen LogP contribution < -0.4 is 27.2 Å². The van der Waals surface area contributed by atoms with Gasteiger partial charge in [0.15, 0.2) is 0 Å². The number of hydrogen-bond donors (Lipinski definition) is 1. The van der Waals surface area contributed by atoms with Crippen molar-refractivity contribution in [2.45, 2.75) is 25.7 Å². The number of rotatable bonds is 10. The summed E-state index contributed by atoms with van der Waals surface area (Å²) in [6.45, 7) is 2.37. The molecule has 0 aliphatic carbocycles. The third-order valence-electron chi connectivity index (χ3n) is 4.04. The zero-order chi connectivity index (χ0) is 16.3. The lowest BCUT2D eigenvalue weighted by molar-refractivity contribution is -0.655. The van der Waals surface area contributed by atoms with E-state index in [0.29, 0.717) is 0 Å². The molecule has 0 spiro atoms. The molecule has 0 heterocycles. The first kappa shape index (κ1) is 20.3. The molecule has 0 saturated carbocycles. The van der Waals surface area contributed by atoms with Crippen molar-refractivity contribution < 1.29 is 27.2 Å². The first-order valence-corrected chi connectivity index (χ1v) is 8.39. The Bertz CT molecular complexity index is 572. The van der Waals surface area contributed by atoms with Crippen molar-refractivity contribution in [1.82, 2.24) is 0 Å². The molecule has 0 amide bonds. The van der Waals surface area contributed by atoms with Gasteiger partial charge in [-0.3, -0.25) is 0 Å². The molecule has 2 rings (SSSR count). The highest BCUT2D eigenvalue weighted by Crippen LogP contribution is 2.13. The molecule has 0 bridgehead atoms. The van der Waals surface area contributed by atoms with E-state index < -0.39 is 0 Å². The summed E-state index contributed by atoms with van der Waals surface area (Å²) in [7, 11) is 3.42. The van der Waals surface area contributed by atoms with Crippen LogP contribution in [-0.2, 0) is 12.8 Å². The molecule has 2 aromatic rings. The third-order valence-corrected chi connectivity index (χ3v) is 4.04. The highest BCUT2D eigenvalue weighted by atomic mass is 35.5. The van der Waals surface area contributed by atoms with Gasteiger partial charge >= 0.3 is 0 Å². The van der Waals surface area contributed by atoms with E-state index in [4.69, 9.17) is 9.47 Å². The maximum Gasteiger partial charge on any atom is 0.119 e. The van der Waals surface area contributed by atoms with Crippen molar-refractivity contribution in [3.05, 3.63) is 59.7 Å². The Kier molecular flexibility index (Phi) is 9.97. The van der Waals surface area contributed by atoms with Gasteiger partial charge in [-0.25, -0.2) is 0 Å². The highest BCUT2D eigenvalue weighted by molar-refractivity contribution is 5.28. The van der Waals surface area contributed by atoms with Gasteiger partial charge in [0, 0.05) is 12.8 Å². The van der Waals surface area contributed by atoms with E-state index >= 15 is 0 Å². The quantitative estimate of drug-likeness (QED) is 0.605. The predicted molar refractivity (Wildman–Crippen MR) is 94.3 cm³/mol. The van der Waals surface area contributed by atoms with Crippen LogP contribution in [0.4, 0.5) is 0 Å². The summed E-state index contributed by atoms with van der Waals surface area (Å²) >= 11 is 0. The van der Waals surface area contributed by atoms with Crippen LogP contribution in [0, 0.1) is 0 Å². The van der Waals surface area contributed by atoms with Crippen molar-refractivity contribution in [1.29, 1.82) is 0 Å². The zero-order valence-corrected chi connectivity index (χ0v) is 15.4. The van der Waals surface area contributed by atoms with Crippen LogP contribution in [0.5, 0.6) is 11.5 Å². The minimum atomic E-state index is 0. The lowest BCUT2D eigenvalue weighted by atomic mass is 10.1. The van der Waals surface area contributed by atoms with Crippen LogP contribution in [0.2, 0.25) is 0 Å². The third kappa shape index (κ3) is 7.24. The Balaban J connectivity index is 0.00000288. The zero-order valence-electron chi connectivity index (χ0n) is 14.6. The molecule has 0 aromatic heterocycles. The minimum Gasteiger partial charge on any atom is -1.00 e. The predicted octanol–water partition coefficient (Wildman–Crippen LogP) is -0.163. The summed E-state index contributed by atoms with van der Waals surface area (Å²) in [4.78, 5) is 0. The molecule has 0 radical (unpaired) electrons. The van der Waals surface area contributed by atoms with Gasteiger partial charge in [-0.1, -0.05) is 24.3 Å². The number of ether oxygens (including phenoxy) is 2. The second-order valence-corrected chi connectivity index (χ2v) is 5.77. The molecule has 24 heavy (non-hydrogen) atoms. The van der Waals surface area contributed by atoms with Crippen LogP contribution in [0.15, 0.2) is 48.5 Å². The summed E-state index contributed by atoms with van der Waals surface area (Å²) in [6, 6.07) is 16.7. The number of benzene rings is 2. The fourth-order valence-corrected chi connectivity index (χ4v) is 2.67. The second kappa shape index (κ2) is 11.8. The first-order chi connectivity index (χ1) is 11.3. The SMILES string of the molecule is COc1ccc(CCC[NH2+]CCCc2cccc(OC)c2)cc1.[Cl-]. The second-order valence-electron chi connectivity index (χ2n) is 5.77. The fraction of sp³-hybridized carbons (Fsp3) is 0.400. The van der Waals surface area contributed by atoms with Gasteiger partial charge in [-0.2, -0.15) is 0 Å². The maximum absolute atomic E-state index is 5.26. The number of aryl methyl sites for hydroxylation is 2. The Morgan fingerprint density at radius 1 is 0.750 bits per heavy atom.